The minimum absolute atomic E-state index is 0.0809. The third-order valence-corrected chi connectivity index (χ3v) is 4.13. The second-order valence-corrected chi connectivity index (χ2v) is 6.01. The Kier molecular flexibility index (Phi) is 4.69. The number of ether oxygens (including phenoxy) is 4. The van der Waals surface area contributed by atoms with E-state index in [0.717, 1.165) is 17.0 Å². The number of carbonyl (C=O) groups excluding carboxylic acids is 1. The summed E-state index contributed by atoms with van der Waals surface area (Å²) in [7, 11) is 0. The van der Waals surface area contributed by atoms with Crippen molar-refractivity contribution in [1.29, 1.82) is 0 Å². The number of hydrazone groups is 1. The molecule has 8 nitrogen and oxygen atoms in total. The molecule has 0 unspecified atom stereocenters. The quantitative estimate of drug-likeness (QED) is 0.620. The number of benzene rings is 2. The molecule has 0 radical (unpaired) electrons. The Labute approximate surface area is 156 Å². The number of rotatable bonds is 5. The van der Waals surface area contributed by atoms with Crippen molar-refractivity contribution in [3.63, 3.8) is 0 Å². The normalized spacial score (nSPS) is 14.6. The average molecular weight is 369 g/mol. The van der Waals surface area contributed by atoms with E-state index in [1.807, 2.05) is 31.2 Å². The van der Waals surface area contributed by atoms with Crippen LogP contribution in [0.4, 0.5) is 5.69 Å². The molecular weight excluding hydrogens is 350 g/mol. The lowest BCUT2D eigenvalue weighted by Gasteiger charge is -2.18. The van der Waals surface area contributed by atoms with Crippen molar-refractivity contribution in [1.82, 2.24) is 5.43 Å². The number of nitrogens with zero attached hydrogens (tertiary/aromatic N) is 1. The van der Waals surface area contributed by atoms with Gasteiger partial charge in [-0.05, 0) is 37.3 Å². The van der Waals surface area contributed by atoms with Gasteiger partial charge in [-0.25, -0.2) is 5.43 Å². The number of hydrogen-bond acceptors (Lipinski definition) is 7. The molecule has 0 atom stereocenters. The Balaban J connectivity index is 1.32. The number of nitrogens with one attached hydrogen (secondary N) is 2. The standard InChI is InChI=1S/C19H19N3O5/c1-12(13-2-4-15-17(8-13)25-7-6-24-15)21-22-19(23)10-20-14-3-5-16-18(9-14)27-11-26-16/h2-5,8-9,20H,6-7,10-11H2,1H3,(H,22,23)/b21-12+. The highest BCUT2D eigenvalue weighted by Crippen LogP contribution is 2.34. The lowest BCUT2D eigenvalue weighted by Crippen LogP contribution is -2.26. The summed E-state index contributed by atoms with van der Waals surface area (Å²) in [6, 6.07) is 11.0. The van der Waals surface area contributed by atoms with Gasteiger partial charge in [-0.2, -0.15) is 5.10 Å². The molecule has 140 valence electrons. The van der Waals surface area contributed by atoms with Crippen LogP contribution in [0.15, 0.2) is 41.5 Å². The lowest BCUT2D eigenvalue weighted by atomic mass is 10.1. The molecule has 0 aromatic heterocycles. The predicted molar refractivity (Wildman–Crippen MR) is 98.8 cm³/mol. The Bertz CT molecular complexity index is 897. The topological polar surface area (TPSA) is 90.4 Å². The largest absolute Gasteiger partial charge is 0.486 e. The van der Waals surface area contributed by atoms with E-state index in [-0.39, 0.29) is 19.2 Å². The highest BCUT2D eigenvalue weighted by Gasteiger charge is 2.14. The van der Waals surface area contributed by atoms with Gasteiger partial charge in [0.1, 0.15) is 13.2 Å². The number of amides is 1. The van der Waals surface area contributed by atoms with Crippen LogP contribution in [-0.4, -0.2) is 38.2 Å². The van der Waals surface area contributed by atoms with Gasteiger partial charge in [-0.1, -0.05) is 0 Å². The van der Waals surface area contributed by atoms with E-state index in [1.54, 1.807) is 12.1 Å². The highest BCUT2D eigenvalue weighted by molar-refractivity contribution is 6.00. The third kappa shape index (κ3) is 3.89. The molecule has 2 aliphatic rings. The molecule has 4 rings (SSSR count). The molecule has 2 aromatic carbocycles. The van der Waals surface area contributed by atoms with E-state index in [0.29, 0.717) is 36.2 Å². The van der Waals surface area contributed by atoms with Gasteiger partial charge in [0.2, 0.25) is 6.79 Å². The molecule has 8 heteroatoms. The Morgan fingerprint density at radius 3 is 2.56 bits per heavy atom. The molecule has 0 saturated heterocycles. The minimum Gasteiger partial charge on any atom is -0.486 e. The van der Waals surface area contributed by atoms with Crippen LogP contribution in [0.1, 0.15) is 12.5 Å². The summed E-state index contributed by atoms with van der Waals surface area (Å²) in [5.74, 6) is 2.50. The molecular formula is C19H19N3O5. The fourth-order valence-electron chi connectivity index (χ4n) is 2.71. The minimum atomic E-state index is -0.260. The molecule has 0 spiro atoms. The number of fused-ring (bicyclic) bond motifs is 2. The average Bonchev–Trinajstić information content (AvgIpc) is 3.18. The zero-order valence-electron chi connectivity index (χ0n) is 14.8. The maximum absolute atomic E-state index is 12.0. The van der Waals surface area contributed by atoms with Crippen LogP contribution >= 0.6 is 0 Å². The van der Waals surface area contributed by atoms with Gasteiger partial charge >= 0.3 is 0 Å². The predicted octanol–water partition coefficient (Wildman–Crippen LogP) is 2.14. The fourth-order valence-corrected chi connectivity index (χ4v) is 2.71. The molecule has 2 aliphatic heterocycles. The van der Waals surface area contributed by atoms with Crippen molar-refractivity contribution >= 4 is 17.3 Å². The van der Waals surface area contributed by atoms with Gasteiger partial charge in [-0.15, -0.1) is 0 Å². The Hall–Kier alpha value is -3.42. The molecule has 1 amide bonds. The molecule has 2 heterocycles. The van der Waals surface area contributed by atoms with Crippen molar-refractivity contribution in [2.24, 2.45) is 5.10 Å². The van der Waals surface area contributed by atoms with Crippen molar-refractivity contribution in [2.45, 2.75) is 6.92 Å². The number of carbonyl (C=O) groups is 1. The monoisotopic (exact) mass is 369 g/mol. The summed E-state index contributed by atoms with van der Waals surface area (Å²) in [5, 5.41) is 7.17. The lowest BCUT2D eigenvalue weighted by molar-refractivity contribution is -0.119. The molecule has 2 N–H and O–H groups in total. The third-order valence-electron chi connectivity index (χ3n) is 4.13. The van der Waals surface area contributed by atoms with Gasteiger partial charge < -0.3 is 24.3 Å². The molecule has 0 saturated carbocycles. The number of anilines is 1. The Morgan fingerprint density at radius 1 is 0.963 bits per heavy atom. The van der Waals surface area contributed by atoms with E-state index >= 15 is 0 Å². The summed E-state index contributed by atoms with van der Waals surface area (Å²) in [5.41, 5.74) is 4.83. The van der Waals surface area contributed by atoms with E-state index in [9.17, 15) is 4.79 Å². The molecule has 0 bridgehead atoms. The summed E-state index contributed by atoms with van der Waals surface area (Å²) in [6.07, 6.45) is 0. The van der Waals surface area contributed by atoms with Gasteiger partial charge in [0, 0.05) is 17.3 Å². The van der Waals surface area contributed by atoms with Crippen molar-refractivity contribution in [3.05, 3.63) is 42.0 Å². The molecule has 27 heavy (non-hydrogen) atoms. The van der Waals surface area contributed by atoms with Crippen molar-refractivity contribution < 1.29 is 23.7 Å². The number of hydrogen-bond donors (Lipinski definition) is 2. The molecule has 0 aliphatic carbocycles. The second kappa shape index (κ2) is 7.45. The first-order valence-electron chi connectivity index (χ1n) is 8.56. The molecule has 2 aromatic rings. The van der Waals surface area contributed by atoms with E-state index in [4.69, 9.17) is 18.9 Å². The van der Waals surface area contributed by atoms with Gasteiger partial charge in [0.05, 0.1) is 12.3 Å². The summed E-state index contributed by atoms with van der Waals surface area (Å²) in [6.45, 7) is 3.18. The molecule has 0 fully saturated rings. The fraction of sp³-hybridized carbons (Fsp3) is 0.263. The maximum Gasteiger partial charge on any atom is 0.259 e. The summed E-state index contributed by atoms with van der Waals surface area (Å²) in [4.78, 5) is 12.0. The van der Waals surface area contributed by atoms with Crippen LogP contribution in [0.25, 0.3) is 0 Å². The first kappa shape index (κ1) is 17.0. The summed E-state index contributed by atoms with van der Waals surface area (Å²) >= 11 is 0. The van der Waals surface area contributed by atoms with E-state index < -0.39 is 0 Å². The first-order valence-corrected chi connectivity index (χ1v) is 8.56. The summed E-state index contributed by atoms with van der Waals surface area (Å²) < 4.78 is 21.6. The van der Waals surface area contributed by atoms with Crippen LogP contribution in [0.2, 0.25) is 0 Å². The smallest absolute Gasteiger partial charge is 0.259 e. The highest BCUT2D eigenvalue weighted by atomic mass is 16.7. The van der Waals surface area contributed by atoms with E-state index in [1.165, 1.54) is 0 Å². The van der Waals surface area contributed by atoms with Gasteiger partial charge in [0.15, 0.2) is 23.0 Å². The maximum atomic E-state index is 12.0. The van der Waals surface area contributed by atoms with Crippen molar-refractivity contribution in [2.75, 3.05) is 31.9 Å². The van der Waals surface area contributed by atoms with Crippen LogP contribution in [0.3, 0.4) is 0 Å². The van der Waals surface area contributed by atoms with Crippen LogP contribution in [0.5, 0.6) is 23.0 Å². The van der Waals surface area contributed by atoms with Crippen LogP contribution in [-0.2, 0) is 4.79 Å². The van der Waals surface area contributed by atoms with Crippen LogP contribution in [0, 0.1) is 0 Å². The van der Waals surface area contributed by atoms with E-state index in [2.05, 4.69) is 15.8 Å². The zero-order valence-corrected chi connectivity index (χ0v) is 14.8. The second-order valence-electron chi connectivity index (χ2n) is 6.01. The van der Waals surface area contributed by atoms with Gasteiger partial charge in [-0.3, -0.25) is 4.79 Å². The van der Waals surface area contributed by atoms with Crippen LogP contribution < -0.4 is 29.7 Å². The SMILES string of the molecule is C/C(=N\NC(=O)CNc1ccc2c(c1)OCO2)c1ccc2c(c1)OCCO2. The zero-order chi connectivity index (χ0) is 18.6. The Morgan fingerprint density at radius 2 is 1.67 bits per heavy atom. The first-order chi connectivity index (χ1) is 13.2. The van der Waals surface area contributed by atoms with Gasteiger partial charge in [0.25, 0.3) is 5.91 Å². The van der Waals surface area contributed by atoms with Crippen molar-refractivity contribution in [3.8, 4) is 23.0 Å².